The number of thioether (sulfide) groups is 1. The van der Waals surface area contributed by atoms with E-state index in [1.165, 1.54) is 12.8 Å². The SMILES string of the molecule is O=C1CSc2ccc(NCC3CCNCC3)cc2N1. The topological polar surface area (TPSA) is 53.2 Å². The molecule has 1 fully saturated rings. The molecule has 1 aromatic carbocycles. The lowest BCUT2D eigenvalue weighted by Crippen LogP contribution is -2.31. The van der Waals surface area contributed by atoms with E-state index in [0.29, 0.717) is 5.75 Å². The minimum atomic E-state index is 0.0907. The molecule has 0 bridgehead atoms. The molecule has 0 saturated carbocycles. The molecule has 2 aliphatic rings. The van der Waals surface area contributed by atoms with Gasteiger partial charge >= 0.3 is 0 Å². The summed E-state index contributed by atoms with van der Waals surface area (Å²) in [5.74, 6) is 1.36. The highest BCUT2D eigenvalue weighted by atomic mass is 32.2. The van der Waals surface area contributed by atoms with E-state index in [1.54, 1.807) is 11.8 Å². The van der Waals surface area contributed by atoms with Crippen LogP contribution in [-0.4, -0.2) is 31.3 Å². The first-order valence-electron chi connectivity index (χ1n) is 6.82. The Morgan fingerprint density at radius 2 is 2.16 bits per heavy atom. The number of amides is 1. The van der Waals surface area contributed by atoms with E-state index >= 15 is 0 Å². The molecule has 2 aliphatic heterocycles. The van der Waals surface area contributed by atoms with Crippen LogP contribution in [0.4, 0.5) is 11.4 Å². The van der Waals surface area contributed by atoms with E-state index < -0.39 is 0 Å². The van der Waals surface area contributed by atoms with Crippen LogP contribution >= 0.6 is 11.8 Å². The van der Waals surface area contributed by atoms with Crippen LogP contribution < -0.4 is 16.0 Å². The van der Waals surface area contributed by atoms with Gasteiger partial charge in [-0.05, 0) is 50.0 Å². The van der Waals surface area contributed by atoms with Crippen molar-refractivity contribution in [2.75, 3.05) is 36.0 Å². The van der Waals surface area contributed by atoms with Gasteiger partial charge in [0.1, 0.15) is 0 Å². The van der Waals surface area contributed by atoms with Crippen LogP contribution in [0, 0.1) is 5.92 Å². The van der Waals surface area contributed by atoms with Crippen LogP contribution in [-0.2, 0) is 4.79 Å². The van der Waals surface area contributed by atoms with E-state index in [-0.39, 0.29) is 5.91 Å². The maximum absolute atomic E-state index is 11.4. The van der Waals surface area contributed by atoms with E-state index in [2.05, 4.69) is 28.1 Å². The van der Waals surface area contributed by atoms with Gasteiger partial charge in [0.15, 0.2) is 0 Å². The Morgan fingerprint density at radius 1 is 1.32 bits per heavy atom. The number of carbonyl (C=O) groups excluding carboxylic acids is 1. The van der Waals surface area contributed by atoms with Gasteiger partial charge in [-0.15, -0.1) is 11.8 Å². The van der Waals surface area contributed by atoms with Crippen LogP contribution in [0.5, 0.6) is 0 Å². The first-order valence-corrected chi connectivity index (χ1v) is 7.81. The Kier molecular flexibility index (Phi) is 3.94. The standard InChI is InChI=1S/C14H19N3OS/c18-14-9-19-13-2-1-11(7-12(13)17-14)16-8-10-3-5-15-6-4-10/h1-2,7,10,15-16H,3-6,8-9H2,(H,17,18). The van der Waals surface area contributed by atoms with Crippen molar-refractivity contribution in [3.8, 4) is 0 Å². The Labute approximate surface area is 117 Å². The van der Waals surface area contributed by atoms with Crippen LogP contribution in [0.2, 0.25) is 0 Å². The lowest BCUT2D eigenvalue weighted by Gasteiger charge is -2.24. The minimum Gasteiger partial charge on any atom is -0.385 e. The van der Waals surface area contributed by atoms with Crippen LogP contribution in [0.15, 0.2) is 23.1 Å². The Bertz CT molecular complexity index is 472. The maximum Gasteiger partial charge on any atom is 0.234 e. The normalized spacial score (nSPS) is 19.7. The summed E-state index contributed by atoms with van der Waals surface area (Å²) in [6, 6.07) is 6.23. The zero-order valence-electron chi connectivity index (χ0n) is 10.9. The molecular formula is C14H19N3OS. The van der Waals surface area contributed by atoms with E-state index in [9.17, 15) is 4.79 Å². The molecule has 0 aliphatic carbocycles. The fourth-order valence-corrected chi connectivity index (χ4v) is 3.33. The molecule has 3 N–H and O–H groups in total. The quantitative estimate of drug-likeness (QED) is 0.792. The largest absolute Gasteiger partial charge is 0.385 e. The third-order valence-electron chi connectivity index (χ3n) is 3.67. The Hall–Kier alpha value is -1.20. The molecule has 102 valence electrons. The van der Waals surface area contributed by atoms with Crippen molar-refractivity contribution in [3.05, 3.63) is 18.2 Å². The summed E-state index contributed by atoms with van der Waals surface area (Å²) in [6.07, 6.45) is 2.48. The van der Waals surface area contributed by atoms with Crippen LogP contribution in [0.3, 0.4) is 0 Å². The molecule has 0 spiro atoms. The van der Waals surface area contributed by atoms with Gasteiger partial charge in [-0.25, -0.2) is 0 Å². The highest BCUT2D eigenvalue weighted by Gasteiger charge is 2.16. The average molecular weight is 277 g/mol. The first-order chi connectivity index (χ1) is 9.31. The van der Waals surface area contributed by atoms with Gasteiger partial charge < -0.3 is 16.0 Å². The van der Waals surface area contributed by atoms with Crippen molar-refractivity contribution in [3.63, 3.8) is 0 Å². The summed E-state index contributed by atoms with van der Waals surface area (Å²) >= 11 is 1.60. The molecule has 1 aromatic rings. The number of piperidine rings is 1. The van der Waals surface area contributed by atoms with Crippen molar-refractivity contribution in [2.24, 2.45) is 5.92 Å². The highest BCUT2D eigenvalue weighted by Crippen LogP contribution is 2.33. The smallest absolute Gasteiger partial charge is 0.234 e. The third kappa shape index (κ3) is 3.22. The van der Waals surface area contributed by atoms with Gasteiger partial charge in [0.25, 0.3) is 0 Å². The number of rotatable bonds is 3. The minimum absolute atomic E-state index is 0.0907. The predicted octanol–water partition coefficient (Wildman–Crippen LogP) is 2.14. The molecule has 0 atom stereocenters. The second-order valence-electron chi connectivity index (χ2n) is 5.12. The number of carbonyl (C=O) groups is 1. The van der Waals surface area contributed by atoms with E-state index in [1.807, 2.05) is 6.07 Å². The first kappa shape index (κ1) is 12.8. The molecule has 2 heterocycles. The van der Waals surface area contributed by atoms with Crippen LogP contribution in [0.1, 0.15) is 12.8 Å². The summed E-state index contributed by atoms with van der Waals surface area (Å²) in [5.41, 5.74) is 2.04. The van der Waals surface area contributed by atoms with Gasteiger partial charge in [-0.2, -0.15) is 0 Å². The fraction of sp³-hybridized carbons (Fsp3) is 0.500. The lowest BCUT2D eigenvalue weighted by molar-refractivity contribution is -0.113. The monoisotopic (exact) mass is 277 g/mol. The number of hydrogen-bond donors (Lipinski definition) is 3. The van der Waals surface area contributed by atoms with E-state index in [4.69, 9.17) is 0 Å². The zero-order chi connectivity index (χ0) is 13.1. The molecule has 1 amide bonds. The van der Waals surface area contributed by atoms with Crippen molar-refractivity contribution in [1.82, 2.24) is 5.32 Å². The molecule has 1 saturated heterocycles. The molecule has 0 aromatic heterocycles. The summed E-state index contributed by atoms with van der Waals surface area (Å²) in [7, 11) is 0. The Morgan fingerprint density at radius 3 is 3.00 bits per heavy atom. The second kappa shape index (κ2) is 5.84. The zero-order valence-corrected chi connectivity index (χ0v) is 11.7. The molecule has 19 heavy (non-hydrogen) atoms. The van der Waals surface area contributed by atoms with Gasteiger partial charge in [-0.3, -0.25) is 4.79 Å². The Balaban J connectivity index is 1.61. The summed E-state index contributed by atoms with van der Waals surface area (Å²) < 4.78 is 0. The number of benzene rings is 1. The molecule has 4 nitrogen and oxygen atoms in total. The number of hydrogen-bond acceptors (Lipinski definition) is 4. The van der Waals surface area contributed by atoms with Crippen molar-refractivity contribution in [1.29, 1.82) is 0 Å². The lowest BCUT2D eigenvalue weighted by atomic mass is 9.98. The molecule has 0 radical (unpaired) electrons. The van der Waals surface area contributed by atoms with Gasteiger partial charge in [0.05, 0.1) is 11.4 Å². The van der Waals surface area contributed by atoms with Crippen molar-refractivity contribution < 1.29 is 4.79 Å². The maximum atomic E-state index is 11.4. The fourth-order valence-electron chi connectivity index (χ4n) is 2.54. The molecule has 3 rings (SSSR count). The number of fused-ring (bicyclic) bond motifs is 1. The molecule has 0 unspecified atom stereocenters. The third-order valence-corrected chi connectivity index (χ3v) is 4.74. The van der Waals surface area contributed by atoms with Gasteiger partial charge in [-0.1, -0.05) is 0 Å². The van der Waals surface area contributed by atoms with Crippen molar-refractivity contribution >= 4 is 29.0 Å². The van der Waals surface area contributed by atoms with Gasteiger partial charge in [0, 0.05) is 17.1 Å². The average Bonchev–Trinajstić information content (AvgIpc) is 2.46. The van der Waals surface area contributed by atoms with Gasteiger partial charge in [0.2, 0.25) is 5.91 Å². The molecule has 5 heteroatoms. The van der Waals surface area contributed by atoms with E-state index in [0.717, 1.165) is 41.8 Å². The predicted molar refractivity (Wildman–Crippen MR) is 79.9 cm³/mol. The number of nitrogens with one attached hydrogen (secondary N) is 3. The number of anilines is 2. The molecular weight excluding hydrogens is 258 g/mol. The summed E-state index contributed by atoms with van der Waals surface area (Å²) in [6.45, 7) is 3.27. The van der Waals surface area contributed by atoms with Crippen LogP contribution in [0.25, 0.3) is 0 Å². The summed E-state index contributed by atoms with van der Waals surface area (Å²) in [4.78, 5) is 12.5. The second-order valence-corrected chi connectivity index (χ2v) is 6.14. The van der Waals surface area contributed by atoms with Crippen molar-refractivity contribution in [2.45, 2.75) is 17.7 Å². The highest BCUT2D eigenvalue weighted by molar-refractivity contribution is 8.00. The summed E-state index contributed by atoms with van der Waals surface area (Å²) in [5, 5.41) is 9.80.